The van der Waals surface area contributed by atoms with E-state index < -0.39 is 5.60 Å². The summed E-state index contributed by atoms with van der Waals surface area (Å²) < 4.78 is 0. The average molecular weight is 241 g/mol. The molecule has 2 heteroatoms. The lowest BCUT2D eigenvalue weighted by molar-refractivity contribution is -0.0697. The Morgan fingerprint density at radius 1 is 1.29 bits per heavy atom. The molecular weight excluding hydrogens is 210 g/mol. The molecule has 1 rings (SSSR count). The Balaban J connectivity index is 2.59. The molecule has 0 aromatic rings. The predicted molar refractivity (Wildman–Crippen MR) is 73.8 cm³/mol. The molecule has 1 fully saturated rings. The largest absolute Gasteiger partial charge is 0.390 e. The van der Waals surface area contributed by atoms with E-state index in [1.165, 1.54) is 0 Å². The maximum Gasteiger partial charge on any atom is 0.0688 e. The van der Waals surface area contributed by atoms with Crippen LogP contribution in [-0.4, -0.2) is 17.3 Å². The van der Waals surface area contributed by atoms with Gasteiger partial charge in [0.2, 0.25) is 0 Å². The minimum Gasteiger partial charge on any atom is -0.390 e. The Hall–Kier alpha value is -0.0800. The van der Waals surface area contributed by atoms with E-state index in [1.807, 2.05) is 0 Å². The van der Waals surface area contributed by atoms with Crippen molar-refractivity contribution in [2.24, 2.45) is 23.0 Å². The van der Waals surface area contributed by atoms with Gasteiger partial charge in [0.1, 0.15) is 0 Å². The van der Waals surface area contributed by atoms with Crippen LogP contribution in [-0.2, 0) is 0 Å². The van der Waals surface area contributed by atoms with Gasteiger partial charge in [-0.1, -0.05) is 34.1 Å². The van der Waals surface area contributed by atoms with Crippen LogP contribution in [0.25, 0.3) is 0 Å². The Labute approximate surface area is 107 Å². The second-order valence-electron chi connectivity index (χ2n) is 6.97. The van der Waals surface area contributed by atoms with Crippen LogP contribution in [0.3, 0.4) is 0 Å². The van der Waals surface area contributed by atoms with Crippen LogP contribution in [0, 0.1) is 17.3 Å². The standard InChI is InChI=1S/C15H31NO/c1-5-6-13(11-16)15(17)9-7-12(8-10-15)14(2,3)4/h12-13,17H,5-11,16H2,1-4H3. The fourth-order valence-electron chi connectivity index (χ4n) is 3.35. The van der Waals surface area contributed by atoms with Gasteiger partial charge >= 0.3 is 0 Å². The van der Waals surface area contributed by atoms with Gasteiger partial charge in [0.25, 0.3) is 0 Å². The van der Waals surface area contributed by atoms with Crippen molar-refractivity contribution in [2.45, 2.75) is 71.8 Å². The van der Waals surface area contributed by atoms with Crippen LogP contribution in [0.5, 0.6) is 0 Å². The molecule has 102 valence electrons. The van der Waals surface area contributed by atoms with Gasteiger partial charge < -0.3 is 10.8 Å². The van der Waals surface area contributed by atoms with Crippen molar-refractivity contribution < 1.29 is 5.11 Å². The molecule has 0 spiro atoms. The van der Waals surface area contributed by atoms with Crippen LogP contribution in [0.2, 0.25) is 0 Å². The van der Waals surface area contributed by atoms with E-state index in [-0.39, 0.29) is 0 Å². The summed E-state index contributed by atoms with van der Waals surface area (Å²) in [6.45, 7) is 9.74. The summed E-state index contributed by atoms with van der Waals surface area (Å²) in [5, 5.41) is 10.8. The molecule has 17 heavy (non-hydrogen) atoms. The van der Waals surface area contributed by atoms with Gasteiger partial charge in [0, 0.05) is 0 Å². The molecule has 0 aliphatic heterocycles. The summed E-state index contributed by atoms with van der Waals surface area (Å²) in [5.74, 6) is 1.05. The summed E-state index contributed by atoms with van der Waals surface area (Å²) in [4.78, 5) is 0. The quantitative estimate of drug-likeness (QED) is 0.793. The van der Waals surface area contributed by atoms with E-state index >= 15 is 0 Å². The molecule has 1 atom stereocenters. The molecule has 3 N–H and O–H groups in total. The number of rotatable bonds is 4. The maximum atomic E-state index is 10.8. The normalized spacial score (nSPS) is 32.5. The lowest BCUT2D eigenvalue weighted by atomic mass is 9.65. The first kappa shape index (κ1) is 15.0. The number of aliphatic hydroxyl groups is 1. The van der Waals surface area contributed by atoms with Crippen molar-refractivity contribution in [3.05, 3.63) is 0 Å². The maximum absolute atomic E-state index is 10.8. The Bertz CT molecular complexity index is 224. The van der Waals surface area contributed by atoms with Gasteiger partial charge in [-0.05, 0) is 55.9 Å². The zero-order valence-electron chi connectivity index (χ0n) is 12.1. The molecule has 1 unspecified atom stereocenters. The van der Waals surface area contributed by atoms with E-state index in [4.69, 9.17) is 5.73 Å². The third-order valence-corrected chi connectivity index (χ3v) is 4.76. The lowest BCUT2D eigenvalue weighted by Crippen LogP contribution is -2.46. The summed E-state index contributed by atoms with van der Waals surface area (Å²) in [6.07, 6.45) is 6.37. The Morgan fingerprint density at radius 2 is 1.82 bits per heavy atom. The van der Waals surface area contributed by atoms with Gasteiger partial charge in [-0.3, -0.25) is 0 Å². The molecule has 0 amide bonds. The van der Waals surface area contributed by atoms with E-state index in [2.05, 4.69) is 27.7 Å². The molecule has 1 aliphatic rings. The van der Waals surface area contributed by atoms with E-state index in [9.17, 15) is 5.11 Å². The van der Waals surface area contributed by atoms with Crippen molar-refractivity contribution in [2.75, 3.05) is 6.54 Å². The highest BCUT2D eigenvalue weighted by Crippen LogP contribution is 2.44. The van der Waals surface area contributed by atoms with Gasteiger partial charge in [-0.15, -0.1) is 0 Å². The first-order valence-corrected chi connectivity index (χ1v) is 7.26. The Kier molecular flexibility index (Phi) is 5.03. The molecule has 0 radical (unpaired) electrons. The van der Waals surface area contributed by atoms with E-state index in [0.717, 1.165) is 44.4 Å². The Morgan fingerprint density at radius 3 is 2.18 bits per heavy atom. The molecule has 0 aromatic carbocycles. The van der Waals surface area contributed by atoms with Gasteiger partial charge in [-0.2, -0.15) is 0 Å². The monoisotopic (exact) mass is 241 g/mol. The van der Waals surface area contributed by atoms with E-state index in [0.29, 0.717) is 17.9 Å². The molecule has 0 saturated heterocycles. The van der Waals surface area contributed by atoms with Crippen LogP contribution in [0.15, 0.2) is 0 Å². The fourth-order valence-corrected chi connectivity index (χ4v) is 3.35. The molecule has 0 heterocycles. The highest BCUT2D eigenvalue weighted by molar-refractivity contribution is 4.93. The van der Waals surface area contributed by atoms with Crippen LogP contribution >= 0.6 is 0 Å². The smallest absolute Gasteiger partial charge is 0.0688 e. The van der Waals surface area contributed by atoms with Crippen molar-refractivity contribution in [3.63, 3.8) is 0 Å². The summed E-state index contributed by atoms with van der Waals surface area (Å²) in [6, 6.07) is 0. The van der Waals surface area contributed by atoms with E-state index in [1.54, 1.807) is 0 Å². The van der Waals surface area contributed by atoms with Gasteiger partial charge in [0.05, 0.1) is 5.60 Å². The SMILES string of the molecule is CCCC(CN)C1(O)CCC(C(C)(C)C)CC1. The summed E-state index contributed by atoms with van der Waals surface area (Å²) in [5.41, 5.74) is 5.73. The zero-order valence-corrected chi connectivity index (χ0v) is 12.1. The third-order valence-electron chi connectivity index (χ3n) is 4.76. The molecule has 1 saturated carbocycles. The molecule has 1 aliphatic carbocycles. The van der Waals surface area contributed by atoms with Crippen molar-refractivity contribution in [3.8, 4) is 0 Å². The number of hydrogen-bond acceptors (Lipinski definition) is 2. The molecule has 2 nitrogen and oxygen atoms in total. The first-order valence-electron chi connectivity index (χ1n) is 7.26. The average Bonchev–Trinajstić information content (AvgIpc) is 2.25. The predicted octanol–water partition coefficient (Wildman–Crippen LogP) is 3.33. The van der Waals surface area contributed by atoms with Crippen LogP contribution in [0.1, 0.15) is 66.2 Å². The minimum atomic E-state index is -0.480. The van der Waals surface area contributed by atoms with Crippen molar-refractivity contribution in [1.82, 2.24) is 0 Å². The summed E-state index contributed by atoms with van der Waals surface area (Å²) >= 11 is 0. The molecule has 0 bridgehead atoms. The lowest BCUT2D eigenvalue weighted by Gasteiger charge is -2.44. The first-order chi connectivity index (χ1) is 7.83. The van der Waals surface area contributed by atoms with Gasteiger partial charge in [-0.25, -0.2) is 0 Å². The van der Waals surface area contributed by atoms with Crippen LogP contribution < -0.4 is 5.73 Å². The van der Waals surface area contributed by atoms with Crippen LogP contribution in [0.4, 0.5) is 0 Å². The second-order valence-corrected chi connectivity index (χ2v) is 6.97. The highest BCUT2D eigenvalue weighted by Gasteiger charge is 2.41. The minimum absolute atomic E-state index is 0.299. The number of hydrogen-bond donors (Lipinski definition) is 2. The van der Waals surface area contributed by atoms with Gasteiger partial charge in [0.15, 0.2) is 0 Å². The highest BCUT2D eigenvalue weighted by atomic mass is 16.3. The third kappa shape index (κ3) is 3.69. The molecule has 0 aromatic heterocycles. The molecular formula is C15H31NO. The fraction of sp³-hybridized carbons (Fsp3) is 1.00. The topological polar surface area (TPSA) is 46.2 Å². The number of nitrogens with two attached hydrogens (primary N) is 1. The van der Waals surface area contributed by atoms with Crippen molar-refractivity contribution in [1.29, 1.82) is 0 Å². The summed E-state index contributed by atoms with van der Waals surface area (Å²) in [7, 11) is 0. The second kappa shape index (κ2) is 5.71. The van der Waals surface area contributed by atoms with Crippen molar-refractivity contribution >= 4 is 0 Å². The zero-order chi connectivity index (χ0) is 13.1.